The molecule has 0 spiro atoms. The number of allylic oxidation sites excluding steroid dienone is 1. The SMILES string of the molecule is CSC(C)NC(=O)/C(C)=C(/C)F. The van der Waals surface area contributed by atoms with Crippen LogP contribution in [0.5, 0.6) is 0 Å². The lowest BCUT2D eigenvalue weighted by Crippen LogP contribution is -2.30. The normalized spacial score (nSPS) is 15.1. The number of carbonyl (C=O) groups excluding carboxylic acids is 1. The van der Waals surface area contributed by atoms with Crippen LogP contribution in [0.4, 0.5) is 4.39 Å². The zero-order valence-electron chi connectivity index (χ0n) is 7.77. The van der Waals surface area contributed by atoms with Gasteiger partial charge in [-0.3, -0.25) is 4.79 Å². The van der Waals surface area contributed by atoms with Crippen LogP contribution in [0.15, 0.2) is 11.4 Å². The molecule has 1 amide bonds. The second-order valence-corrected chi connectivity index (χ2v) is 3.69. The molecule has 0 saturated carbocycles. The molecule has 0 fully saturated rings. The Hall–Kier alpha value is -0.510. The average Bonchev–Trinajstić information content (AvgIpc) is 2.02. The first-order valence-corrected chi connectivity index (χ1v) is 4.94. The fraction of sp³-hybridized carbons (Fsp3) is 0.625. The molecular formula is C8H14FNOS. The molecule has 0 aliphatic rings. The summed E-state index contributed by atoms with van der Waals surface area (Å²) in [6.45, 7) is 4.60. The molecule has 0 aromatic rings. The van der Waals surface area contributed by atoms with Crippen LogP contribution in [-0.2, 0) is 4.79 Å². The summed E-state index contributed by atoms with van der Waals surface area (Å²) in [7, 11) is 0. The highest BCUT2D eigenvalue weighted by atomic mass is 32.2. The smallest absolute Gasteiger partial charge is 0.250 e. The van der Waals surface area contributed by atoms with Crippen molar-refractivity contribution in [3.63, 3.8) is 0 Å². The van der Waals surface area contributed by atoms with Gasteiger partial charge in [0.05, 0.1) is 5.37 Å². The van der Waals surface area contributed by atoms with Crippen LogP contribution in [0.2, 0.25) is 0 Å². The third-order valence-electron chi connectivity index (χ3n) is 1.55. The number of nitrogens with one attached hydrogen (secondary N) is 1. The van der Waals surface area contributed by atoms with Gasteiger partial charge in [0.25, 0.3) is 0 Å². The highest BCUT2D eigenvalue weighted by Crippen LogP contribution is 2.07. The number of hydrogen-bond donors (Lipinski definition) is 1. The number of hydrogen-bond acceptors (Lipinski definition) is 2. The topological polar surface area (TPSA) is 29.1 Å². The predicted octanol–water partition coefficient (Wildman–Crippen LogP) is 2.07. The van der Waals surface area contributed by atoms with Crippen LogP contribution >= 0.6 is 11.8 Å². The first-order valence-electron chi connectivity index (χ1n) is 3.65. The lowest BCUT2D eigenvalue weighted by Gasteiger charge is -2.10. The molecule has 1 unspecified atom stereocenters. The maximum absolute atomic E-state index is 12.5. The van der Waals surface area contributed by atoms with E-state index >= 15 is 0 Å². The molecule has 0 aliphatic heterocycles. The fourth-order valence-corrected chi connectivity index (χ4v) is 0.733. The molecule has 1 N–H and O–H groups in total. The predicted molar refractivity (Wildman–Crippen MR) is 50.6 cm³/mol. The largest absolute Gasteiger partial charge is 0.341 e. The van der Waals surface area contributed by atoms with Crippen LogP contribution in [0, 0.1) is 0 Å². The molecule has 0 radical (unpaired) electrons. The highest BCUT2D eigenvalue weighted by Gasteiger charge is 2.09. The van der Waals surface area contributed by atoms with Crippen LogP contribution in [0.1, 0.15) is 20.8 Å². The lowest BCUT2D eigenvalue weighted by molar-refractivity contribution is -0.117. The molecule has 0 aromatic carbocycles. The van der Waals surface area contributed by atoms with E-state index < -0.39 is 5.83 Å². The Morgan fingerprint density at radius 3 is 2.33 bits per heavy atom. The molecule has 0 aliphatic carbocycles. The first-order chi connectivity index (χ1) is 5.49. The Morgan fingerprint density at radius 2 is 2.00 bits per heavy atom. The lowest BCUT2D eigenvalue weighted by atomic mass is 10.2. The number of rotatable bonds is 3. The number of carbonyl (C=O) groups is 1. The molecule has 0 aromatic heterocycles. The summed E-state index contributed by atoms with van der Waals surface area (Å²) < 4.78 is 12.5. The minimum Gasteiger partial charge on any atom is -0.341 e. The molecule has 2 nitrogen and oxygen atoms in total. The summed E-state index contributed by atoms with van der Waals surface area (Å²) in [5.41, 5.74) is 0.149. The molecular weight excluding hydrogens is 177 g/mol. The van der Waals surface area contributed by atoms with E-state index in [1.807, 2.05) is 13.2 Å². The van der Waals surface area contributed by atoms with Gasteiger partial charge >= 0.3 is 0 Å². The molecule has 12 heavy (non-hydrogen) atoms. The van der Waals surface area contributed by atoms with Crippen molar-refractivity contribution in [3.05, 3.63) is 11.4 Å². The van der Waals surface area contributed by atoms with Gasteiger partial charge in [0, 0.05) is 5.57 Å². The van der Waals surface area contributed by atoms with Gasteiger partial charge in [-0.05, 0) is 27.0 Å². The maximum atomic E-state index is 12.5. The standard InChI is InChI=1S/C8H14FNOS/c1-5(6(2)9)8(11)10-7(3)12-4/h7H,1-4H3,(H,10,11)/b6-5-. The Balaban J connectivity index is 4.15. The Kier molecular flexibility index (Phi) is 4.97. The fourth-order valence-electron chi connectivity index (χ4n) is 0.508. The number of halogens is 1. The Morgan fingerprint density at radius 1 is 1.50 bits per heavy atom. The number of amides is 1. The minimum absolute atomic E-state index is 0.0202. The van der Waals surface area contributed by atoms with Crippen molar-refractivity contribution in [1.29, 1.82) is 0 Å². The van der Waals surface area contributed by atoms with Crippen molar-refractivity contribution in [2.24, 2.45) is 0 Å². The maximum Gasteiger partial charge on any atom is 0.250 e. The van der Waals surface area contributed by atoms with E-state index in [-0.39, 0.29) is 16.9 Å². The average molecular weight is 191 g/mol. The van der Waals surface area contributed by atoms with Gasteiger partial charge in [-0.1, -0.05) is 0 Å². The van der Waals surface area contributed by atoms with Crippen LogP contribution in [0.25, 0.3) is 0 Å². The summed E-state index contributed by atoms with van der Waals surface area (Å²) >= 11 is 1.51. The molecule has 0 rings (SSSR count). The van der Waals surface area contributed by atoms with Gasteiger partial charge in [0.15, 0.2) is 0 Å². The molecule has 0 heterocycles. The highest BCUT2D eigenvalue weighted by molar-refractivity contribution is 7.99. The number of thioether (sulfide) groups is 1. The summed E-state index contributed by atoms with van der Waals surface area (Å²) in [5.74, 6) is -0.766. The minimum atomic E-state index is -0.430. The van der Waals surface area contributed by atoms with Crippen LogP contribution < -0.4 is 5.32 Å². The third kappa shape index (κ3) is 3.76. The van der Waals surface area contributed by atoms with E-state index in [1.165, 1.54) is 25.6 Å². The third-order valence-corrected chi connectivity index (χ3v) is 2.37. The van der Waals surface area contributed by atoms with Gasteiger partial charge in [-0.15, -0.1) is 11.8 Å². The summed E-state index contributed by atoms with van der Waals surface area (Å²) in [5, 5.41) is 2.66. The molecule has 0 bridgehead atoms. The monoisotopic (exact) mass is 191 g/mol. The first kappa shape index (κ1) is 11.5. The van der Waals surface area contributed by atoms with Crippen molar-refractivity contribution in [3.8, 4) is 0 Å². The van der Waals surface area contributed by atoms with E-state index in [0.29, 0.717) is 0 Å². The second kappa shape index (κ2) is 5.19. The zero-order chi connectivity index (χ0) is 9.72. The van der Waals surface area contributed by atoms with Crippen molar-refractivity contribution >= 4 is 17.7 Å². The summed E-state index contributed by atoms with van der Waals surface area (Å²) in [6.07, 6.45) is 1.88. The summed E-state index contributed by atoms with van der Waals surface area (Å²) in [4.78, 5) is 11.1. The van der Waals surface area contributed by atoms with Gasteiger partial charge in [-0.25, -0.2) is 4.39 Å². The van der Waals surface area contributed by atoms with E-state index in [2.05, 4.69) is 5.32 Å². The molecule has 1 atom stereocenters. The van der Waals surface area contributed by atoms with E-state index in [9.17, 15) is 9.18 Å². The zero-order valence-corrected chi connectivity index (χ0v) is 8.59. The Labute approximate surface area is 76.6 Å². The van der Waals surface area contributed by atoms with E-state index in [1.54, 1.807) is 0 Å². The molecule has 0 saturated heterocycles. The summed E-state index contributed by atoms with van der Waals surface area (Å²) in [6, 6.07) is 0. The molecule has 4 heteroatoms. The Bertz CT molecular complexity index is 199. The molecule has 70 valence electrons. The van der Waals surface area contributed by atoms with Gasteiger partial charge < -0.3 is 5.32 Å². The van der Waals surface area contributed by atoms with Gasteiger partial charge in [-0.2, -0.15) is 0 Å². The van der Waals surface area contributed by atoms with Crippen molar-refractivity contribution < 1.29 is 9.18 Å². The van der Waals surface area contributed by atoms with Gasteiger partial charge in [0.2, 0.25) is 5.91 Å². The van der Waals surface area contributed by atoms with E-state index in [4.69, 9.17) is 0 Å². The van der Waals surface area contributed by atoms with Crippen LogP contribution in [-0.4, -0.2) is 17.5 Å². The van der Waals surface area contributed by atoms with Crippen molar-refractivity contribution in [2.45, 2.75) is 26.1 Å². The van der Waals surface area contributed by atoms with E-state index in [0.717, 1.165) is 0 Å². The van der Waals surface area contributed by atoms with Crippen LogP contribution in [0.3, 0.4) is 0 Å². The second-order valence-electron chi connectivity index (χ2n) is 2.51. The van der Waals surface area contributed by atoms with Crippen molar-refractivity contribution in [2.75, 3.05) is 6.26 Å². The van der Waals surface area contributed by atoms with Crippen molar-refractivity contribution in [1.82, 2.24) is 5.32 Å². The quantitative estimate of drug-likeness (QED) is 0.546. The van der Waals surface area contributed by atoms with Gasteiger partial charge in [0.1, 0.15) is 5.83 Å².